The molecule has 0 aliphatic carbocycles. The van der Waals surface area contributed by atoms with Crippen LogP contribution in [0.4, 0.5) is 0 Å². The Hall–Kier alpha value is -2.67. The smallest absolute Gasteiger partial charge is 0.264 e. The molecule has 1 aliphatic heterocycles. The molecule has 0 unspecified atom stereocenters. The second-order valence-electron chi connectivity index (χ2n) is 5.91. The quantitative estimate of drug-likeness (QED) is 0.854. The normalized spacial score (nSPS) is 16.6. The molecule has 1 fully saturated rings. The summed E-state index contributed by atoms with van der Waals surface area (Å²) in [4.78, 5) is 38.4. The fourth-order valence-electron chi connectivity index (χ4n) is 2.92. The van der Waals surface area contributed by atoms with Crippen LogP contribution < -0.4 is 11.1 Å². The Kier molecular flexibility index (Phi) is 5.14. The summed E-state index contributed by atoms with van der Waals surface area (Å²) >= 11 is 1.38. The predicted octanol–water partition coefficient (Wildman–Crippen LogP) is 1.77. The Morgan fingerprint density at radius 1 is 1.20 bits per heavy atom. The molecular formula is C18H19N3O3S. The van der Waals surface area contributed by atoms with Crippen molar-refractivity contribution in [3.8, 4) is 0 Å². The Labute approximate surface area is 149 Å². The number of nitrogens with one attached hydrogen (secondary N) is 1. The molecule has 3 rings (SSSR count). The first-order chi connectivity index (χ1) is 12.1. The second kappa shape index (κ2) is 7.48. The molecule has 1 atom stereocenters. The molecule has 1 aromatic carbocycles. The molecule has 1 saturated heterocycles. The molecule has 3 amide bonds. The maximum atomic E-state index is 12.5. The van der Waals surface area contributed by atoms with Gasteiger partial charge in [-0.05, 0) is 42.0 Å². The minimum Gasteiger partial charge on any atom is -0.366 e. The van der Waals surface area contributed by atoms with Gasteiger partial charge in [0, 0.05) is 18.7 Å². The first-order valence-electron chi connectivity index (χ1n) is 8.07. The first kappa shape index (κ1) is 17.2. The standard InChI is InChI=1S/C18H19N3O3S/c19-16(22)13-7-5-12(6-8-13)11-20-17(23)14-3-1-9-21(14)18(24)15-4-2-10-25-15/h2,4-8,10,14H,1,3,9,11H2,(H2,19,22)(H,20,23)/t14-/m0/s1. The van der Waals surface area contributed by atoms with Crippen molar-refractivity contribution in [2.75, 3.05) is 6.54 Å². The van der Waals surface area contributed by atoms with Gasteiger partial charge in [-0.3, -0.25) is 14.4 Å². The number of likely N-dealkylation sites (tertiary alicyclic amines) is 1. The third kappa shape index (κ3) is 3.88. The summed E-state index contributed by atoms with van der Waals surface area (Å²) < 4.78 is 0. The molecule has 0 radical (unpaired) electrons. The number of thiophene rings is 1. The summed E-state index contributed by atoms with van der Waals surface area (Å²) in [5, 5.41) is 4.73. The van der Waals surface area contributed by atoms with Crippen molar-refractivity contribution in [3.05, 3.63) is 57.8 Å². The Bertz CT molecular complexity index is 771. The van der Waals surface area contributed by atoms with E-state index < -0.39 is 11.9 Å². The van der Waals surface area contributed by atoms with E-state index in [2.05, 4.69) is 5.32 Å². The predicted molar refractivity (Wildman–Crippen MR) is 95.2 cm³/mol. The molecule has 0 saturated carbocycles. The summed E-state index contributed by atoms with van der Waals surface area (Å²) in [6, 6.07) is 9.95. The van der Waals surface area contributed by atoms with Crippen LogP contribution in [0.1, 0.15) is 38.4 Å². The number of hydrogen-bond donors (Lipinski definition) is 2. The van der Waals surface area contributed by atoms with E-state index in [-0.39, 0.29) is 11.8 Å². The molecule has 25 heavy (non-hydrogen) atoms. The minimum atomic E-state index is -0.482. The van der Waals surface area contributed by atoms with Gasteiger partial charge in [0.2, 0.25) is 11.8 Å². The zero-order chi connectivity index (χ0) is 17.8. The average Bonchev–Trinajstić information content (AvgIpc) is 3.30. The molecule has 130 valence electrons. The largest absolute Gasteiger partial charge is 0.366 e. The molecule has 2 heterocycles. The number of carbonyl (C=O) groups excluding carboxylic acids is 3. The van der Waals surface area contributed by atoms with Crippen molar-refractivity contribution in [1.82, 2.24) is 10.2 Å². The third-order valence-electron chi connectivity index (χ3n) is 4.25. The van der Waals surface area contributed by atoms with Crippen LogP contribution >= 0.6 is 11.3 Å². The number of nitrogens with zero attached hydrogens (tertiary/aromatic N) is 1. The molecule has 3 N–H and O–H groups in total. The summed E-state index contributed by atoms with van der Waals surface area (Å²) in [7, 11) is 0. The van der Waals surface area contributed by atoms with Gasteiger partial charge in [0.15, 0.2) is 0 Å². The summed E-state index contributed by atoms with van der Waals surface area (Å²) in [5.74, 6) is -0.718. The molecule has 7 heteroatoms. The van der Waals surface area contributed by atoms with Gasteiger partial charge < -0.3 is 16.0 Å². The van der Waals surface area contributed by atoms with Crippen molar-refractivity contribution in [1.29, 1.82) is 0 Å². The third-order valence-corrected chi connectivity index (χ3v) is 5.11. The van der Waals surface area contributed by atoms with Crippen molar-refractivity contribution in [2.24, 2.45) is 5.73 Å². The minimum absolute atomic E-state index is 0.0848. The van der Waals surface area contributed by atoms with Crippen molar-refractivity contribution in [2.45, 2.75) is 25.4 Å². The van der Waals surface area contributed by atoms with E-state index in [9.17, 15) is 14.4 Å². The Balaban J connectivity index is 1.60. The Morgan fingerprint density at radius 3 is 2.60 bits per heavy atom. The number of rotatable bonds is 5. The molecule has 2 aromatic rings. The summed E-state index contributed by atoms with van der Waals surface area (Å²) in [6.07, 6.45) is 1.49. The summed E-state index contributed by atoms with van der Waals surface area (Å²) in [6.45, 7) is 0.942. The van der Waals surface area contributed by atoms with Crippen LogP contribution in [0, 0.1) is 0 Å². The van der Waals surface area contributed by atoms with E-state index in [0.717, 1.165) is 12.0 Å². The zero-order valence-corrected chi connectivity index (χ0v) is 14.4. The highest BCUT2D eigenvalue weighted by Crippen LogP contribution is 2.22. The lowest BCUT2D eigenvalue weighted by Gasteiger charge is -2.23. The molecule has 6 nitrogen and oxygen atoms in total. The monoisotopic (exact) mass is 357 g/mol. The van der Waals surface area contributed by atoms with Crippen molar-refractivity contribution >= 4 is 29.1 Å². The van der Waals surface area contributed by atoms with E-state index >= 15 is 0 Å². The molecule has 0 spiro atoms. The van der Waals surface area contributed by atoms with Crippen LogP contribution in [0.15, 0.2) is 41.8 Å². The highest BCUT2D eigenvalue weighted by Gasteiger charge is 2.34. The zero-order valence-electron chi connectivity index (χ0n) is 13.6. The highest BCUT2D eigenvalue weighted by molar-refractivity contribution is 7.12. The second-order valence-corrected chi connectivity index (χ2v) is 6.86. The fourth-order valence-corrected chi connectivity index (χ4v) is 3.60. The van der Waals surface area contributed by atoms with Crippen molar-refractivity contribution in [3.63, 3.8) is 0 Å². The number of primary amides is 1. The highest BCUT2D eigenvalue weighted by atomic mass is 32.1. The fraction of sp³-hybridized carbons (Fsp3) is 0.278. The number of hydrogen-bond acceptors (Lipinski definition) is 4. The molecule has 1 aromatic heterocycles. The van der Waals surface area contributed by atoms with Crippen LogP contribution in [-0.4, -0.2) is 35.2 Å². The van der Waals surface area contributed by atoms with Crippen LogP contribution in [0.2, 0.25) is 0 Å². The van der Waals surface area contributed by atoms with Gasteiger partial charge in [-0.1, -0.05) is 18.2 Å². The maximum Gasteiger partial charge on any atom is 0.264 e. The lowest BCUT2D eigenvalue weighted by atomic mass is 10.1. The SMILES string of the molecule is NC(=O)c1ccc(CNC(=O)[C@@H]2CCCN2C(=O)c2cccs2)cc1. The van der Waals surface area contributed by atoms with Gasteiger partial charge in [-0.2, -0.15) is 0 Å². The van der Waals surface area contributed by atoms with Gasteiger partial charge >= 0.3 is 0 Å². The van der Waals surface area contributed by atoms with Gasteiger partial charge in [0.05, 0.1) is 4.88 Å². The van der Waals surface area contributed by atoms with Crippen LogP contribution in [-0.2, 0) is 11.3 Å². The van der Waals surface area contributed by atoms with Gasteiger partial charge in [-0.15, -0.1) is 11.3 Å². The van der Waals surface area contributed by atoms with Gasteiger partial charge in [-0.25, -0.2) is 0 Å². The lowest BCUT2D eigenvalue weighted by Crippen LogP contribution is -2.45. The lowest BCUT2D eigenvalue weighted by molar-refractivity contribution is -0.125. The van der Waals surface area contributed by atoms with E-state index in [1.54, 1.807) is 35.2 Å². The van der Waals surface area contributed by atoms with E-state index in [4.69, 9.17) is 5.73 Å². The Morgan fingerprint density at radius 2 is 1.96 bits per heavy atom. The van der Waals surface area contributed by atoms with Crippen molar-refractivity contribution < 1.29 is 14.4 Å². The van der Waals surface area contributed by atoms with Gasteiger partial charge in [0.1, 0.15) is 6.04 Å². The summed E-state index contributed by atoms with van der Waals surface area (Å²) in [5.41, 5.74) is 6.50. The first-order valence-corrected chi connectivity index (χ1v) is 8.95. The molecule has 0 bridgehead atoms. The van der Waals surface area contributed by atoms with E-state index in [1.165, 1.54) is 11.3 Å². The van der Waals surface area contributed by atoms with Crippen LogP contribution in [0.25, 0.3) is 0 Å². The number of nitrogens with two attached hydrogens (primary N) is 1. The van der Waals surface area contributed by atoms with E-state index in [0.29, 0.717) is 30.0 Å². The number of benzene rings is 1. The average molecular weight is 357 g/mol. The van der Waals surface area contributed by atoms with Crippen LogP contribution in [0.5, 0.6) is 0 Å². The molecular weight excluding hydrogens is 338 g/mol. The van der Waals surface area contributed by atoms with E-state index in [1.807, 2.05) is 11.4 Å². The van der Waals surface area contributed by atoms with Crippen LogP contribution in [0.3, 0.4) is 0 Å². The van der Waals surface area contributed by atoms with Gasteiger partial charge in [0.25, 0.3) is 5.91 Å². The number of carbonyl (C=O) groups is 3. The maximum absolute atomic E-state index is 12.5. The number of amides is 3. The molecule has 1 aliphatic rings. The topological polar surface area (TPSA) is 92.5 Å².